The van der Waals surface area contributed by atoms with E-state index in [2.05, 4.69) is 5.32 Å². The number of rotatable bonds is 2. The fraction of sp³-hybridized carbons (Fsp3) is 0.0833. The number of benzene rings is 1. The predicted octanol–water partition coefficient (Wildman–Crippen LogP) is 2.77. The Morgan fingerprint density at radius 1 is 1.27 bits per heavy atom. The van der Waals surface area contributed by atoms with Gasteiger partial charge in [0.25, 0.3) is 5.91 Å². The molecule has 1 aromatic heterocycles. The van der Waals surface area contributed by atoms with Gasteiger partial charge in [-0.25, -0.2) is 0 Å². The summed E-state index contributed by atoms with van der Waals surface area (Å²) in [5, 5.41) is 4.49. The molecular weight excluding hydrogens is 206 g/mol. The van der Waals surface area contributed by atoms with Gasteiger partial charge in [0.1, 0.15) is 0 Å². The Labute approximate surface area is 92.6 Å². The van der Waals surface area contributed by atoms with Crippen LogP contribution >= 0.6 is 11.3 Å². The number of carbonyl (C=O) groups excluding carboxylic acids is 1. The van der Waals surface area contributed by atoms with Gasteiger partial charge >= 0.3 is 0 Å². The van der Waals surface area contributed by atoms with Crippen LogP contribution in [-0.2, 0) is 0 Å². The van der Waals surface area contributed by atoms with Crippen molar-refractivity contribution in [2.75, 3.05) is 7.05 Å². The minimum atomic E-state index is -0.0339. The number of nitrogens with one attached hydrogen (secondary N) is 1. The molecule has 1 amide bonds. The number of hydrogen-bond donors (Lipinski definition) is 1. The van der Waals surface area contributed by atoms with Crippen LogP contribution < -0.4 is 5.32 Å². The first-order chi connectivity index (χ1) is 7.31. The van der Waals surface area contributed by atoms with E-state index >= 15 is 0 Å². The highest BCUT2D eigenvalue weighted by atomic mass is 32.1. The zero-order valence-electron chi connectivity index (χ0n) is 8.36. The van der Waals surface area contributed by atoms with Crippen LogP contribution in [0.3, 0.4) is 0 Å². The van der Waals surface area contributed by atoms with E-state index in [9.17, 15) is 4.79 Å². The van der Waals surface area contributed by atoms with Crippen LogP contribution in [0.2, 0.25) is 0 Å². The van der Waals surface area contributed by atoms with Crippen LogP contribution in [0.25, 0.3) is 10.4 Å². The number of amides is 1. The molecule has 0 saturated carbocycles. The summed E-state index contributed by atoms with van der Waals surface area (Å²) in [5.74, 6) is -0.0339. The number of thiophene rings is 1. The average Bonchev–Trinajstić information content (AvgIpc) is 2.78. The van der Waals surface area contributed by atoms with Gasteiger partial charge in [0.15, 0.2) is 0 Å². The van der Waals surface area contributed by atoms with E-state index in [4.69, 9.17) is 0 Å². The molecule has 1 N–H and O–H groups in total. The molecule has 1 aromatic carbocycles. The van der Waals surface area contributed by atoms with Crippen molar-refractivity contribution in [2.24, 2.45) is 0 Å². The average molecular weight is 217 g/mol. The fourth-order valence-corrected chi connectivity index (χ4v) is 2.25. The lowest BCUT2D eigenvalue weighted by Gasteiger charge is -1.95. The third-order valence-electron chi connectivity index (χ3n) is 2.15. The van der Waals surface area contributed by atoms with Crippen LogP contribution in [-0.4, -0.2) is 13.0 Å². The van der Waals surface area contributed by atoms with Crippen molar-refractivity contribution in [3.05, 3.63) is 47.3 Å². The monoisotopic (exact) mass is 217 g/mol. The second-order valence-electron chi connectivity index (χ2n) is 3.14. The largest absolute Gasteiger partial charge is 0.355 e. The fourth-order valence-electron chi connectivity index (χ4n) is 1.35. The third kappa shape index (κ3) is 2.07. The summed E-state index contributed by atoms with van der Waals surface area (Å²) >= 11 is 1.59. The van der Waals surface area contributed by atoms with Gasteiger partial charge in [0, 0.05) is 17.3 Å². The van der Waals surface area contributed by atoms with E-state index in [0.717, 1.165) is 16.0 Å². The lowest BCUT2D eigenvalue weighted by Crippen LogP contribution is -2.16. The Bertz CT molecular complexity index is 461. The summed E-state index contributed by atoms with van der Waals surface area (Å²) in [6, 6.07) is 12.0. The summed E-state index contributed by atoms with van der Waals surface area (Å²) in [7, 11) is 1.64. The molecule has 0 saturated heterocycles. The molecule has 0 bridgehead atoms. The molecule has 0 atom stereocenters. The molecular formula is C12H11NOS. The third-order valence-corrected chi connectivity index (χ3v) is 3.13. The zero-order valence-corrected chi connectivity index (χ0v) is 9.17. The zero-order chi connectivity index (χ0) is 10.7. The summed E-state index contributed by atoms with van der Waals surface area (Å²) in [6.07, 6.45) is 0. The highest BCUT2D eigenvalue weighted by Crippen LogP contribution is 2.26. The first-order valence-corrected chi connectivity index (χ1v) is 5.55. The van der Waals surface area contributed by atoms with Gasteiger partial charge in [0.2, 0.25) is 0 Å². The van der Waals surface area contributed by atoms with E-state index in [0.29, 0.717) is 0 Å². The summed E-state index contributed by atoms with van der Waals surface area (Å²) in [4.78, 5) is 12.5. The molecule has 0 spiro atoms. The van der Waals surface area contributed by atoms with Gasteiger partial charge in [-0.2, -0.15) is 0 Å². The highest BCUT2D eigenvalue weighted by Gasteiger charge is 2.07. The van der Waals surface area contributed by atoms with Crippen LogP contribution in [0.1, 0.15) is 10.4 Å². The Morgan fingerprint density at radius 3 is 2.67 bits per heavy atom. The quantitative estimate of drug-likeness (QED) is 0.823. The molecule has 76 valence electrons. The maximum absolute atomic E-state index is 11.4. The van der Waals surface area contributed by atoms with Gasteiger partial charge < -0.3 is 5.32 Å². The van der Waals surface area contributed by atoms with Crippen molar-refractivity contribution in [3.63, 3.8) is 0 Å². The van der Waals surface area contributed by atoms with Crippen LogP contribution in [0, 0.1) is 0 Å². The molecule has 1 heterocycles. The normalized spacial score (nSPS) is 9.93. The first-order valence-electron chi connectivity index (χ1n) is 4.67. The molecule has 0 aliphatic rings. The first kappa shape index (κ1) is 9.93. The molecule has 0 radical (unpaired) electrons. The van der Waals surface area contributed by atoms with Crippen molar-refractivity contribution in [3.8, 4) is 10.4 Å². The lowest BCUT2D eigenvalue weighted by atomic mass is 10.1. The summed E-state index contributed by atoms with van der Waals surface area (Å²) < 4.78 is 0. The van der Waals surface area contributed by atoms with Gasteiger partial charge in [0.05, 0.1) is 5.56 Å². The minimum Gasteiger partial charge on any atom is -0.355 e. The Hall–Kier alpha value is -1.61. The molecule has 0 aliphatic carbocycles. The van der Waals surface area contributed by atoms with Gasteiger partial charge in [-0.15, -0.1) is 11.3 Å². The SMILES string of the molecule is CNC(=O)c1csc(-c2ccccc2)c1. The van der Waals surface area contributed by atoms with Crippen molar-refractivity contribution >= 4 is 17.2 Å². The highest BCUT2D eigenvalue weighted by molar-refractivity contribution is 7.13. The second-order valence-corrected chi connectivity index (χ2v) is 4.06. The van der Waals surface area contributed by atoms with Crippen LogP contribution in [0.5, 0.6) is 0 Å². The molecule has 0 aliphatic heterocycles. The van der Waals surface area contributed by atoms with Crippen molar-refractivity contribution in [1.29, 1.82) is 0 Å². The van der Waals surface area contributed by atoms with Crippen molar-refractivity contribution in [1.82, 2.24) is 5.32 Å². The second kappa shape index (κ2) is 4.28. The molecule has 2 aromatic rings. The lowest BCUT2D eigenvalue weighted by molar-refractivity contribution is 0.0963. The van der Waals surface area contributed by atoms with E-state index in [1.54, 1.807) is 18.4 Å². The molecule has 3 heteroatoms. The van der Waals surface area contributed by atoms with E-state index in [1.807, 2.05) is 41.8 Å². The van der Waals surface area contributed by atoms with E-state index < -0.39 is 0 Å². The predicted molar refractivity (Wildman–Crippen MR) is 63.1 cm³/mol. The number of hydrogen-bond acceptors (Lipinski definition) is 2. The molecule has 15 heavy (non-hydrogen) atoms. The maximum atomic E-state index is 11.4. The van der Waals surface area contributed by atoms with Crippen molar-refractivity contribution in [2.45, 2.75) is 0 Å². The smallest absolute Gasteiger partial charge is 0.251 e. The minimum absolute atomic E-state index is 0.0339. The van der Waals surface area contributed by atoms with Gasteiger partial charge in [-0.1, -0.05) is 30.3 Å². The Morgan fingerprint density at radius 2 is 2.00 bits per heavy atom. The summed E-state index contributed by atoms with van der Waals surface area (Å²) in [5.41, 5.74) is 1.87. The maximum Gasteiger partial charge on any atom is 0.251 e. The van der Waals surface area contributed by atoms with E-state index in [-0.39, 0.29) is 5.91 Å². The van der Waals surface area contributed by atoms with Gasteiger partial charge in [-0.3, -0.25) is 4.79 Å². The van der Waals surface area contributed by atoms with Gasteiger partial charge in [-0.05, 0) is 11.6 Å². The Balaban J connectivity index is 2.32. The van der Waals surface area contributed by atoms with E-state index in [1.165, 1.54) is 0 Å². The van der Waals surface area contributed by atoms with Crippen molar-refractivity contribution < 1.29 is 4.79 Å². The van der Waals surface area contributed by atoms with Crippen LogP contribution in [0.15, 0.2) is 41.8 Å². The number of carbonyl (C=O) groups is 1. The molecule has 0 fully saturated rings. The summed E-state index contributed by atoms with van der Waals surface area (Å²) in [6.45, 7) is 0. The molecule has 2 rings (SSSR count). The van der Waals surface area contributed by atoms with Crippen LogP contribution in [0.4, 0.5) is 0 Å². The topological polar surface area (TPSA) is 29.1 Å². The molecule has 2 nitrogen and oxygen atoms in total. The molecule has 0 unspecified atom stereocenters. The Kier molecular flexibility index (Phi) is 2.83. The standard InChI is InChI=1S/C12H11NOS/c1-13-12(14)10-7-11(15-8-10)9-5-3-2-4-6-9/h2-8H,1H3,(H,13,14).